The van der Waals surface area contributed by atoms with Gasteiger partial charge in [-0.2, -0.15) is 0 Å². The van der Waals surface area contributed by atoms with E-state index in [-0.39, 0.29) is 18.1 Å². The molecule has 0 aliphatic carbocycles. The van der Waals surface area contributed by atoms with Crippen molar-refractivity contribution in [3.63, 3.8) is 0 Å². The molecule has 1 atom stereocenters. The van der Waals surface area contributed by atoms with Gasteiger partial charge in [-0.3, -0.25) is 9.42 Å². The van der Waals surface area contributed by atoms with Crippen LogP contribution in [0.4, 0.5) is 0 Å². The fraction of sp³-hybridized carbons (Fsp3) is 0.143. The smallest absolute Gasteiger partial charge is 0.504 e. The van der Waals surface area contributed by atoms with E-state index >= 15 is 0 Å². The van der Waals surface area contributed by atoms with Crippen molar-refractivity contribution in [3.8, 4) is 11.5 Å². The van der Waals surface area contributed by atoms with Gasteiger partial charge in [0.15, 0.2) is 11.5 Å². The second-order valence-corrected chi connectivity index (χ2v) is 5.47. The summed E-state index contributed by atoms with van der Waals surface area (Å²) in [5.41, 5.74) is 0.995. The molecule has 2 aromatic carbocycles. The second-order valence-electron chi connectivity index (χ2n) is 4.10. The summed E-state index contributed by atoms with van der Waals surface area (Å²) < 4.78 is 21.4. The van der Waals surface area contributed by atoms with Crippen molar-refractivity contribution in [1.82, 2.24) is 0 Å². The van der Waals surface area contributed by atoms with Crippen LogP contribution in [-0.4, -0.2) is 16.6 Å². The van der Waals surface area contributed by atoms with Gasteiger partial charge in [-0.05, 0) is 24.1 Å². The van der Waals surface area contributed by atoms with Gasteiger partial charge in [-0.15, -0.1) is 0 Å². The first-order valence-corrected chi connectivity index (χ1v) is 7.55. The third kappa shape index (κ3) is 4.38. The SMILES string of the molecule is O=P(O)(OCCc1ccccc1)Oc1ccccc1O. The van der Waals surface area contributed by atoms with Gasteiger partial charge in [0.25, 0.3) is 0 Å². The lowest BCUT2D eigenvalue weighted by atomic mass is 10.2. The molecule has 0 saturated heterocycles. The van der Waals surface area contributed by atoms with Crippen LogP contribution < -0.4 is 4.52 Å². The van der Waals surface area contributed by atoms with E-state index in [1.165, 1.54) is 12.1 Å². The van der Waals surface area contributed by atoms with Crippen LogP contribution in [0.25, 0.3) is 0 Å². The fourth-order valence-corrected chi connectivity index (χ4v) is 2.39. The molecule has 2 rings (SSSR count). The first kappa shape index (κ1) is 14.6. The molecule has 20 heavy (non-hydrogen) atoms. The van der Waals surface area contributed by atoms with Crippen molar-refractivity contribution in [1.29, 1.82) is 0 Å². The molecule has 0 aliphatic rings. The maximum atomic E-state index is 11.7. The molecule has 0 heterocycles. The summed E-state index contributed by atoms with van der Waals surface area (Å²) in [6.07, 6.45) is 0.496. The number of phosphoric acid groups is 1. The number of phenols is 1. The highest BCUT2D eigenvalue weighted by molar-refractivity contribution is 7.47. The summed E-state index contributed by atoms with van der Waals surface area (Å²) in [4.78, 5) is 9.57. The Morgan fingerprint density at radius 1 is 1.00 bits per heavy atom. The minimum atomic E-state index is -4.24. The number of phenolic OH excluding ortho intramolecular Hbond substituents is 1. The lowest BCUT2D eigenvalue weighted by molar-refractivity contribution is 0.203. The third-order valence-corrected chi connectivity index (χ3v) is 3.50. The van der Waals surface area contributed by atoms with E-state index in [0.29, 0.717) is 6.42 Å². The lowest BCUT2D eigenvalue weighted by Gasteiger charge is -2.13. The predicted molar refractivity (Wildman–Crippen MR) is 74.7 cm³/mol. The Balaban J connectivity index is 1.88. The van der Waals surface area contributed by atoms with Crippen molar-refractivity contribution in [2.45, 2.75) is 6.42 Å². The average Bonchev–Trinajstić information content (AvgIpc) is 2.42. The molecular formula is C14H15O5P. The molecular weight excluding hydrogens is 279 g/mol. The number of aromatic hydroxyl groups is 1. The van der Waals surface area contributed by atoms with Crippen LogP contribution in [0.15, 0.2) is 54.6 Å². The molecule has 6 heteroatoms. The summed E-state index contributed by atoms with van der Waals surface area (Å²) >= 11 is 0. The topological polar surface area (TPSA) is 76.0 Å². The molecule has 2 aromatic rings. The van der Waals surface area contributed by atoms with Gasteiger partial charge in [0.2, 0.25) is 0 Å². The Kier molecular flexibility index (Phi) is 4.79. The molecule has 0 saturated carbocycles. The Hall–Kier alpha value is -1.81. The molecule has 1 unspecified atom stereocenters. The molecule has 2 N–H and O–H groups in total. The molecule has 0 aromatic heterocycles. The van der Waals surface area contributed by atoms with Crippen molar-refractivity contribution in [2.24, 2.45) is 0 Å². The lowest BCUT2D eigenvalue weighted by Crippen LogP contribution is -2.01. The van der Waals surface area contributed by atoms with E-state index in [4.69, 9.17) is 9.05 Å². The second kappa shape index (κ2) is 6.57. The van der Waals surface area contributed by atoms with Crippen LogP contribution in [0.2, 0.25) is 0 Å². The standard InChI is InChI=1S/C14H15O5P/c15-13-8-4-5-9-14(13)19-20(16,17)18-11-10-12-6-2-1-3-7-12/h1-9,15H,10-11H2,(H,16,17). The molecule has 106 valence electrons. The largest absolute Gasteiger partial charge is 0.527 e. The zero-order valence-corrected chi connectivity index (χ0v) is 11.6. The van der Waals surface area contributed by atoms with Crippen LogP contribution in [-0.2, 0) is 15.5 Å². The number of hydrogen-bond acceptors (Lipinski definition) is 4. The summed E-state index contributed by atoms with van der Waals surface area (Å²) in [6.45, 7) is 0.0470. The first-order valence-electron chi connectivity index (χ1n) is 6.06. The summed E-state index contributed by atoms with van der Waals surface area (Å²) in [5.74, 6) is -0.300. The number of phosphoric ester groups is 1. The first-order chi connectivity index (χ1) is 9.57. The van der Waals surface area contributed by atoms with E-state index < -0.39 is 7.82 Å². The van der Waals surface area contributed by atoms with Crippen LogP contribution >= 0.6 is 7.82 Å². The van der Waals surface area contributed by atoms with E-state index in [9.17, 15) is 14.6 Å². The Morgan fingerprint density at radius 2 is 1.65 bits per heavy atom. The van der Waals surface area contributed by atoms with Gasteiger partial charge in [-0.25, -0.2) is 4.57 Å². The normalized spacial score (nSPS) is 13.7. The average molecular weight is 294 g/mol. The van der Waals surface area contributed by atoms with E-state index in [2.05, 4.69) is 0 Å². The highest BCUT2D eigenvalue weighted by atomic mass is 31.2. The van der Waals surface area contributed by atoms with Crippen molar-refractivity contribution in [3.05, 3.63) is 60.2 Å². The maximum absolute atomic E-state index is 11.7. The zero-order chi connectivity index (χ0) is 14.4. The molecule has 0 spiro atoms. The van der Waals surface area contributed by atoms with Crippen molar-refractivity contribution in [2.75, 3.05) is 6.61 Å². The number of benzene rings is 2. The number of para-hydroxylation sites is 2. The predicted octanol–water partition coefficient (Wildman–Crippen LogP) is 3.13. The Morgan fingerprint density at radius 3 is 2.35 bits per heavy atom. The number of hydrogen-bond donors (Lipinski definition) is 2. The van der Waals surface area contributed by atoms with Crippen molar-refractivity contribution < 1.29 is 23.6 Å². The van der Waals surface area contributed by atoms with Gasteiger partial charge in [0.05, 0.1) is 6.61 Å². The molecule has 0 aliphatic heterocycles. The van der Waals surface area contributed by atoms with E-state index in [0.717, 1.165) is 5.56 Å². The van der Waals surface area contributed by atoms with Gasteiger partial charge >= 0.3 is 7.82 Å². The summed E-state index contributed by atoms with van der Waals surface area (Å²) in [6, 6.07) is 15.4. The van der Waals surface area contributed by atoms with Gasteiger partial charge in [0.1, 0.15) is 0 Å². The van der Waals surface area contributed by atoms with Crippen LogP contribution in [0.1, 0.15) is 5.56 Å². The molecule has 0 bridgehead atoms. The minimum absolute atomic E-state index is 0.0470. The Bertz CT molecular complexity index is 600. The van der Waals surface area contributed by atoms with Crippen LogP contribution in [0, 0.1) is 0 Å². The van der Waals surface area contributed by atoms with E-state index in [1.807, 2.05) is 30.3 Å². The Labute approximate surface area is 117 Å². The minimum Gasteiger partial charge on any atom is -0.504 e. The van der Waals surface area contributed by atoms with Crippen molar-refractivity contribution >= 4 is 7.82 Å². The van der Waals surface area contributed by atoms with Crippen LogP contribution in [0.5, 0.6) is 11.5 Å². The molecule has 0 fully saturated rings. The molecule has 5 nitrogen and oxygen atoms in total. The van der Waals surface area contributed by atoms with E-state index in [1.54, 1.807) is 12.1 Å². The fourth-order valence-electron chi connectivity index (χ4n) is 1.61. The summed E-state index contributed by atoms with van der Waals surface area (Å²) in [5, 5.41) is 9.46. The highest BCUT2D eigenvalue weighted by Crippen LogP contribution is 2.46. The van der Waals surface area contributed by atoms with Crippen LogP contribution in [0.3, 0.4) is 0 Å². The molecule has 0 radical (unpaired) electrons. The summed E-state index contributed by atoms with van der Waals surface area (Å²) in [7, 11) is -4.24. The number of rotatable bonds is 6. The van der Waals surface area contributed by atoms with Gasteiger partial charge < -0.3 is 9.63 Å². The van der Waals surface area contributed by atoms with Gasteiger partial charge in [-0.1, -0.05) is 42.5 Å². The highest BCUT2D eigenvalue weighted by Gasteiger charge is 2.24. The molecule has 0 amide bonds. The quantitative estimate of drug-likeness (QED) is 0.800. The monoisotopic (exact) mass is 294 g/mol. The zero-order valence-electron chi connectivity index (χ0n) is 10.7. The van der Waals surface area contributed by atoms with Gasteiger partial charge in [0, 0.05) is 0 Å². The third-order valence-electron chi connectivity index (χ3n) is 2.57. The maximum Gasteiger partial charge on any atom is 0.527 e.